The Balaban J connectivity index is 2.28. The maximum absolute atomic E-state index is 11.2. The number of nitro groups is 1. The van der Waals surface area contributed by atoms with E-state index in [9.17, 15) is 14.9 Å². The van der Waals surface area contributed by atoms with Crippen molar-refractivity contribution in [1.82, 2.24) is 5.48 Å². The lowest BCUT2D eigenvalue weighted by Crippen LogP contribution is -2.30. The highest BCUT2D eigenvalue weighted by Gasteiger charge is 2.06. The van der Waals surface area contributed by atoms with Crippen LogP contribution >= 0.6 is 0 Å². The minimum Gasteiger partial charge on any atom is -0.484 e. The van der Waals surface area contributed by atoms with Gasteiger partial charge < -0.3 is 9.47 Å². The maximum Gasteiger partial charge on any atom is 0.281 e. The molecular formula is C11H14N2O6. The lowest BCUT2D eigenvalue weighted by atomic mass is 10.3. The van der Waals surface area contributed by atoms with Crippen molar-refractivity contribution in [2.45, 2.75) is 0 Å². The lowest BCUT2D eigenvalue weighted by Gasteiger charge is -2.07. The van der Waals surface area contributed by atoms with Crippen LogP contribution < -0.4 is 10.2 Å². The van der Waals surface area contributed by atoms with Crippen LogP contribution in [-0.4, -0.2) is 37.8 Å². The van der Waals surface area contributed by atoms with E-state index in [2.05, 4.69) is 5.48 Å². The van der Waals surface area contributed by atoms with Gasteiger partial charge in [-0.2, -0.15) is 0 Å². The van der Waals surface area contributed by atoms with Gasteiger partial charge in [0, 0.05) is 19.2 Å². The van der Waals surface area contributed by atoms with Crippen LogP contribution in [0.5, 0.6) is 5.75 Å². The van der Waals surface area contributed by atoms with Crippen molar-refractivity contribution in [1.29, 1.82) is 0 Å². The molecule has 0 atom stereocenters. The molecule has 0 radical (unpaired) electrons. The molecule has 1 aromatic rings. The Labute approximate surface area is 109 Å². The number of nitrogens with one attached hydrogen (secondary N) is 1. The number of nitrogens with zero attached hydrogens (tertiary/aromatic N) is 1. The molecular weight excluding hydrogens is 256 g/mol. The van der Waals surface area contributed by atoms with Gasteiger partial charge in [0.2, 0.25) is 0 Å². The first-order chi connectivity index (χ1) is 9.13. The molecule has 0 aliphatic heterocycles. The molecule has 1 rings (SSSR count). The predicted octanol–water partition coefficient (Wildman–Crippen LogP) is 0.668. The summed E-state index contributed by atoms with van der Waals surface area (Å²) in [6, 6.07) is 5.42. The molecule has 19 heavy (non-hydrogen) atoms. The third kappa shape index (κ3) is 5.80. The van der Waals surface area contributed by atoms with E-state index in [-0.39, 0.29) is 18.9 Å². The Kier molecular flexibility index (Phi) is 6.27. The highest BCUT2D eigenvalue weighted by molar-refractivity contribution is 5.76. The molecule has 0 heterocycles. The molecule has 8 heteroatoms. The van der Waals surface area contributed by atoms with Crippen LogP contribution in [0.15, 0.2) is 24.3 Å². The second kappa shape index (κ2) is 8.01. The lowest BCUT2D eigenvalue weighted by molar-refractivity contribution is -0.384. The first kappa shape index (κ1) is 14.9. The summed E-state index contributed by atoms with van der Waals surface area (Å²) in [6.07, 6.45) is 0. The van der Waals surface area contributed by atoms with Crippen LogP contribution in [0.3, 0.4) is 0 Å². The number of carbonyl (C=O) groups excluding carboxylic acids is 1. The Bertz CT molecular complexity index is 420. The number of carbonyl (C=O) groups is 1. The fourth-order valence-electron chi connectivity index (χ4n) is 1.10. The average molecular weight is 270 g/mol. The van der Waals surface area contributed by atoms with E-state index in [1.54, 1.807) is 0 Å². The van der Waals surface area contributed by atoms with Crippen LogP contribution in [0.2, 0.25) is 0 Å². The number of non-ortho nitro benzene ring substituents is 1. The van der Waals surface area contributed by atoms with Crippen LogP contribution in [0, 0.1) is 10.1 Å². The van der Waals surface area contributed by atoms with Gasteiger partial charge in [0.1, 0.15) is 5.75 Å². The number of rotatable bonds is 8. The highest BCUT2D eigenvalue weighted by Crippen LogP contribution is 2.16. The maximum atomic E-state index is 11.2. The first-order valence-electron chi connectivity index (χ1n) is 5.40. The number of benzene rings is 1. The second-order valence-corrected chi connectivity index (χ2v) is 3.41. The Hall–Kier alpha value is -2.19. The summed E-state index contributed by atoms with van der Waals surface area (Å²) in [7, 11) is 1.52. The van der Waals surface area contributed by atoms with Crippen molar-refractivity contribution in [2.75, 3.05) is 26.9 Å². The van der Waals surface area contributed by atoms with Gasteiger partial charge in [-0.05, 0) is 12.1 Å². The summed E-state index contributed by atoms with van der Waals surface area (Å²) in [5.41, 5.74) is 2.12. The molecule has 0 aromatic heterocycles. The molecule has 1 amide bonds. The average Bonchev–Trinajstić information content (AvgIpc) is 2.42. The van der Waals surface area contributed by atoms with E-state index in [4.69, 9.17) is 14.3 Å². The molecule has 104 valence electrons. The van der Waals surface area contributed by atoms with E-state index < -0.39 is 10.8 Å². The third-order valence-electron chi connectivity index (χ3n) is 1.99. The van der Waals surface area contributed by atoms with Gasteiger partial charge in [-0.1, -0.05) is 0 Å². The minimum absolute atomic E-state index is 0.0419. The van der Waals surface area contributed by atoms with Gasteiger partial charge in [-0.25, -0.2) is 5.48 Å². The SMILES string of the molecule is COCCONC(=O)COc1ccc([N+](=O)[O-])cc1. The van der Waals surface area contributed by atoms with Crippen LogP contribution in [0.25, 0.3) is 0 Å². The summed E-state index contributed by atoms with van der Waals surface area (Å²) in [6.45, 7) is 0.355. The molecule has 0 bridgehead atoms. The number of hydrogen-bond donors (Lipinski definition) is 1. The predicted molar refractivity (Wildman–Crippen MR) is 64.6 cm³/mol. The fraction of sp³-hybridized carbons (Fsp3) is 0.364. The molecule has 0 saturated heterocycles. The molecule has 0 aliphatic carbocycles. The summed E-state index contributed by atoms with van der Waals surface area (Å²) >= 11 is 0. The number of amides is 1. The smallest absolute Gasteiger partial charge is 0.281 e. The van der Waals surface area contributed by atoms with Crippen molar-refractivity contribution in [3.05, 3.63) is 34.4 Å². The fourth-order valence-corrected chi connectivity index (χ4v) is 1.10. The van der Waals surface area contributed by atoms with Gasteiger partial charge in [0.15, 0.2) is 6.61 Å². The van der Waals surface area contributed by atoms with Crippen molar-refractivity contribution in [3.63, 3.8) is 0 Å². The minimum atomic E-state index is -0.514. The third-order valence-corrected chi connectivity index (χ3v) is 1.99. The molecule has 1 aromatic carbocycles. The van der Waals surface area contributed by atoms with Gasteiger partial charge in [-0.15, -0.1) is 0 Å². The Morgan fingerprint density at radius 2 is 2.00 bits per heavy atom. The Morgan fingerprint density at radius 1 is 1.32 bits per heavy atom. The zero-order chi connectivity index (χ0) is 14.1. The largest absolute Gasteiger partial charge is 0.484 e. The summed E-state index contributed by atoms with van der Waals surface area (Å²) < 4.78 is 9.83. The number of nitro benzene ring substituents is 1. The molecule has 0 fully saturated rings. The molecule has 1 N–H and O–H groups in total. The zero-order valence-corrected chi connectivity index (χ0v) is 10.3. The molecule has 0 unspecified atom stereocenters. The Morgan fingerprint density at radius 3 is 2.58 bits per heavy atom. The van der Waals surface area contributed by atoms with Crippen LogP contribution in [0.1, 0.15) is 0 Å². The van der Waals surface area contributed by atoms with E-state index in [1.807, 2.05) is 0 Å². The van der Waals surface area contributed by atoms with Crippen LogP contribution in [0.4, 0.5) is 5.69 Å². The quantitative estimate of drug-likeness (QED) is 0.423. The van der Waals surface area contributed by atoms with Gasteiger partial charge in [0.25, 0.3) is 11.6 Å². The van der Waals surface area contributed by atoms with E-state index in [0.717, 1.165) is 0 Å². The van der Waals surface area contributed by atoms with Gasteiger partial charge in [0.05, 0.1) is 18.1 Å². The van der Waals surface area contributed by atoms with Crippen molar-refractivity contribution in [2.24, 2.45) is 0 Å². The summed E-state index contributed by atoms with van der Waals surface area (Å²) in [5.74, 6) is -0.105. The van der Waals surface area contributed by atoms with Crippen LogP contribution in [-0.2, 0) is 14.4 Å². The molecule has 0 aliphatic rings. The highest BCUT2D eigenvalue weighted by atomic mass is 16.7. The number of hydrogen-bond acceptors (Lipinski definition) is 6. The zero-order valence-electron chi connectivity index (χ0n) is 10.3. The molecule has 8 nitrogen and oxygen atoms in total. The van der Waals surface area contributed by atoms with E-state index >= 15 is 0 Å². The van der Waals surface area contributed by atoms with Crippen molar-refractivity contribution >= 4 is 11.6 Å². The summed E-state index contributed by atoms with van der Waals surface area (Å²) in [4.78, 5) is 25.9. The monoisotopic (exact) mass is 270 g/mol. The molecule has 0 saturated carbocycles. The van der Waals surface area contributed by atoms with E-state index in [1.165, 1.54) is 31.4 Å². The van der Waals surface area contributed by atoms with Gasteiger partial charge in [-0.3, -0.25) is 19.7 Å². The molecule has 0 spiro atoms. The normalized spacial score (nSPS) is 9.95. The van der Waals surface area contributed by atoms with Gasteiger partial charge >= 0.3 is 0 Å². The number of ether oxygens (including phenoxy) is 2. The summed E-state index contributed by atoms with van der Waals surface area (Å²) in [5, 5.41) is 10.4. The number of hydroxylamine groups is 1. The van der Waals surface area contributed by atoms with Crippen molar-refractivity contribution < 1.29 is 24.0 Å². The van der Waals surface area contributed by atoms with E-state index in [0.29, 0.717) is 12.4 Å². The number of methoxy groups -OCH3 is 1. The standard InChI is InChI=1S/C11H14N2O6/c1-17-6-7-19-12-11(14)8-18-10-4-2-9(3-5-10)13(15)16/h2-5H,6-8H2,1H3,(H,12,14). The topological polar surface area (TPSA) is 99.9 Å². The first-order valence-corrected chi connectivity index (χ1v) is 5.40. The second-order valence-electron chi connectivity index (χ2n) is 3.41. The van der Waals surface area contributed by atoms with Crippen molar-refractivity contribution in [3.8, 4) is 5.75 Å².